The van der Waals surface area contributed by atoms with Gasteiger partial charge in [0.25, 0.3) is 5.91 Å². The van der Waals surface area contributed by atoms with E-state index in [1.165, 1.54) is 38.6 Å². The predicted octanol–water partition coefficient (Wildman–Crippen LogP) is 0.927. The Bertz CT molecular complexity index is 910. The Kier molecular flexibility index (Phi) is 4.81. The average molecular weight is 384 g/mol. The lowest BCUT2D eigenvalue weighted by molar-refractivity contribution is 0.0926. The van der Waals surface area contributed by atoms with Gasteiger partial charge in [-0.1, -0.05) is 11.6 Å². The molecule has 0 bridgehead atoms. The maximum atomic E-state index is 12.5. The zero-order chi connectivity index (χ0) is 18.2. The lowest BCUT2D eigenvalue weighted by atomic mass is 10.1. The average Bonchev–Trinajstić information content (AvgIpc) is 3.02. The molecule has 0 saturated carbocycles. The summed E-state index contributed by atoms with van der Waals surface area (Å²) in [6.07, 6.45) is 2.98. The molecule has 0 fully saturated rings. The Balaban J connectivity index is 1.79. The first-order chi connectivity index (χ1) is 11.8. The van der Waals surface area contributed by atoms with Gasteiger partial charge in [-0.05, 0) is 24.6 Å². The number of benzene rings is 1. The van der Waals surface area contributed by atoms with Crippen molar-refractivity contribution in [2.45, 2.75) is 30.3 Å². The van der Waals surface area contributed by atoms with E-state index in [-0.39, 0.29) is 27.4 Å². The van der Waals surface area contributed by atoms with Crippen LogP contribution in [0, 0.1) is 0 Å². The maximum Gasteiger partial charge on any atom is 0.251 e. The van der Waals surface area contributed by atoms with Crippen LogP contribution < -0.4 is 5.32 Å². The van der Waals surface area contributed by atoms with Gasteiger partial charge in [0, 0.05) is 32.1 Å². The minimum atomic E-state index is -3.73. The number of halogens is 1. The van der Waals surface area contributed by atoms with Gasteiger partial charge in [-0.3, -0.25) is 4.79 Å². The minimum absolute atomic E-state index is 0.0789. The Morgan fingerprint density at radius 3 is 2.88 bits per heavy atom. The molecule has 8 nitrogen and oxygen atoms in total. The molecule has 1 aromatic heterocycles. The Labute approximate surface area is 150 Å². The van der Waals surface area contributed by atoms with Gasteiger partial charge in [-0.15, -0.1) is 0 Å². The second-order valence-corrected chi connectivity index (χ2v) is 8.53. The zero-order valence-corrected chi connectivity index (χ0v) is 15.4. The van der Waals surface area contributed by atoms with Crippen molar-refractivity contribution in [3.63, 3.8) is 0 Å². The topological polar surface area (TPSA) is 97.2 Å². The predicted molar refractivity (Wildman–Crippen MR) is 91.9 cm³/mol. The largest absolute Gasteiger partial charge is 0.347 e. The summed E-state index contributed by atoms with van der Waals surface area (Å²) in [6.45, 7) is 0.539. The summed E-state index contributed by atoms with van der Waals surface area (Å²) in [5.74, 6) is 0.553. The number of rotatable bonds is 4. The summed E-state index contributed by atoms with van der Waals surface area (Å²) in [5, 5.41) is 7.11. The fraction of sp³-hybridized carbons (Fsp3) is 0.400. The van der Waals surface area contributed by atoms with Crippen molar-refractivity contribution in [3.05, 3.63) is 40.9 Å². The molecule has 0 spiro atoms. The molecule has 0 aliphatic carbocycles. The third-order valence-corrected chi connectivity index (χ3v) is 6.39. The first-order valence-electron chi connectivity index (χ1n) is 7.68. The van der Waals surface area contributed by atoms with E-state index in [4.69, 9.17) is 11.6 Å². The highest BCUT2D eigenvalue weighted by atomic mass is 35.5. The van der Waals surface area contributed by atoms with Crippen LogP contribution in [0.2, 0.25) is 5.02 Å². The molecule has 1 unspecified atom stereocenters. The highest BCUT2D eigenvalue weighted by molar-refractivity contribution is 7.89. The summed E-state index contributed by atoms with van der Waals surface area (Å²) >= 11 is 6.01. The van der Waals surface area contributed by atoms with E-state index < -0.39 is 10.0 Å². The summed E-state index contributed by atoms with van der Waals surface area (Å²) < 4.78 is 27.5. The first kappa shape index (κ1) is 17.8. The van der Waals surface area contributed by atoms with Crippen molar-refractivity contribution in [1.82, 2.24) is 24.4 Å². The van der Waals surface area contributed by atoms with E-state index in [2.05, 4.69) is 15.4 Å². The molecule has 0 radical (unpaired) electrons. The number of aryl methyl sites for hydroxylation is 1. The summed E-state index contributed by atoms with van der Waals surface area (Å²) in [4.78, 5) is 16.6. The molecule has 0 saturated heterocycles. The molecule has 1 aliphatic heterocycles. The molecular formula is C15H18ClN5O3S. The highest BCUT2D eigenvalue weighted by Crippen LogP contribution is 2.25. The van der Waals surface area contributed by atoms with Crippen molar-refractivity contribution in [2.24, 2.45) is 0 Å². The number of carbonyl (C=O) groups is 1. The molecule has 1 amide bonds. The quantitative estimate of drug-likeness (QED) is 0.846. The Morgan fingerprint density at radius 2 is 2.16 bits per heavy atom. The lowest BCUT2D eigenvalue weighted by Crippen LogP contribution is -2.41. The molecule has 2 heterocycles. The van der Waals surface area contributed by atoms with Gasteiger partial charge >= 0.3 is 0 Å². The van der Waals surface area contributed by atoms with E-state index in [0.717, 1.165) is 23.0 Å². The van der Waals surface area contributed by atoms with Crippen LogP contribution in [-0.4, -0.2) is 53.5 Å². The number of sulfonamides is 1. The number of nitrogens with one attached hydrogen (secondary N) is 1. The number of aromatic nitrogens is 3. The number of hydrogen-bond donors (Lipinski definition) is 1. The monoisotopic (exact) mass is 383 g/mol. The lowest BCUT2D eigenvalue weighted by Gasteiger charge is -2.23. The number of hydrogen-bond acceptors (Lipinski definition) is 5. The fourth-order valence-corrected chi connectivity index (χ4v) is 4.06. The van der Waals surface area contributed by atoms with Gasteiger partial charge in [0.1, 0.15) is 17.0 Å². The van der Waals surface area contributed by atoms with Crippen LogP contribution in [0.1, 0.15) is 22.6 Å². The Hall–Kier alpha value is -1.97. The van der Waals surface area contributed by atoms with E-state index in [1.54, 1.807) is 4.68 Å². The molecule has 1 aromatic carbocycles. The van der Waals surface area contributed by atoms with Crippen LogP contribution in [0.25, 0.3) is 0 Å². The van der Waals surface area contributed by atoms with Gasteiger partial charge in [-0.2, -0.15) is 5.10 Å². The third kappa shape index (κ3) is 3.53. The van der Waals surface area contributed by atoms with Crippen molar-refractivity contribution in [1.29, 1.82) is 0 Å². The van der Waals surface area contributed by atoms with E-state index in [0.29, 0.717) is 6.54 Å². The number of fused-ring (bicyclic) bond motifs is 1. The zero-order valence-electron chi connectivity index (χ0n) is 13.8. The van der Waals surface area contributed by atoms with Crippen molar-refractivity contribution in [2.75, 3.05) is 14.1 Å². The molecule has 2 aromatic rings. The number of amides is 1. The standard InChI is InChI=1S/C15H18ClN5O3S/c1-20(2)25(23,24)13-7-10(3-5-12(13)16)15(22)19-11-4-6-14-17-9-18-21(14)8-11/h3,5,7,9,11H,4,6,8H2,1-2H3,(H,19,22). The van der Waals surface area contributed by atoms with Crippen molar-refractivity contribution >= 4 is 27.5 Å². The summed E-state index contributed by atoms with van der Waals surface area (Å²) in [5.41, 5.74) is 0.245. The van der Waals surface area contributed by atoms with E-state index in [9.17, 15) is 13.2 Å². The fourth-order valence-electron chi connectivity index (χ4n) is 2.66. The molecule has 1 N–H and O–H groups in total. The van der Waals surface area contributed by atoms with Gasteiger partial charge in [0.2, 0.25) is 10.0 Å². The molecule has 134 valence electrons. The maximum absolute atomic E-state index is 12.5. The van der Waals surface area contributed by atoms with Crippen molar-refractivity contribution in [3.8, 4) is 0 Å². The normalized spacial score (nSPS) is 17.4. The van der Waals surface area contributed by atoms with Crippen LogP contribution in [0.4, 0.5) is 0 Å². The van der Waals surface area contributed by atoms with Gasteiger partial charge in [0.05, 0.1) is 11.6 Å². The van der Waals surface area contributed by atoms with Gasteiger partial charge < -0.3 is 5.32 Å². The van der Waals surface area contributed by atoms with Crippen LogP contribution in [0.15, 0.2) is 29.4 Å². The van der Waals surface area contributed by atoms with Crippen LogP contribution >= 0.6 is 11.6 Å². The number of nitrogens with zero attached hydrogens (tertiary/aromatic N) is 4. The minimum Gasteiger partial charge on any atom is -0.347 e. The molecule has 3 rings (SSSR count). The Morgan fingerprint density at radius 1 is 1.40 bits per heavy atom. The molecule has 10 heteroatoms. The van der Waals surface area contributed by atoms with E-state index in [1.807, 2.05) is 0 Å². The van der Waals surface area contributed by atoms with Gasteiger partial charge in [0.15, 0.2) is 0 Å². The summed E-state index contributed by atoms with van der Waals surface area (Å²) in [6, 6.07) is 4.14. The third-order valence-electron chi connectivity index (χ3n) is 4.09. The van der Waals surface area contributed by atoms with Crippen molar-refractivity contribution < 1.29 is 13.2 Å². The first-order valence-corrected chi connectivity index (χ1v) is 9.50. The van der Waals surface area contributed by atoms with Crippen LogP contribution in [0.5, 0.6) is 0 Å². The molecule has 1 aliphatic rings. The highest BCUT2D eigenvalue weighted by Gasteiger charge is 2.25. The molecular weight excluding hydrogens is 366 g/mol. The number of carbonyl (C=O) groups excluding carboxylic acids is 1. The second-order valence-electron chi connectivity index (χ2n) is 6.00. The smallest absolute Gasteiger partial charge is 0.251 e. The molecule has 1 atom stereocenters. The molecule has 25 heavy (non-hydrogen) atoms. The van der Waals surface area contributed by atoms with Crippen LogP contribution in [-0.2, 0) is 23.0 Å². The van der Waals surface area contributed by atoms with Crippen LogP contribution in [0.3, 0.4) is 0 Å². The SMILES string of the molecule is CN(C)S(=O)(=O)c1cc(C(=O)NC2CCc3ncnn3C2)ccc1Cl. The second kappa shape index (κ2) is 6.74. The van der Waals surface area contributed by atoms with E-state index >= 15 is 0 Å². The van der Waals surface area contributed by atoms with Gasteiger partial charge in [-0.25, -0.2) is 22.4 Å². The summed E-state index contributed by atoms with van der Waals surface area (Å²) in [7, 11) is -0.904.